The first kappa shape index (κ1) is 38.7. The molecule has 0 aromatic rings. The van der Waals surface area contributed by atoms with Crippen LogP contribution in [0.15, 0.2) is 23.8 Å². The first-order chi connectivity index (χ1) is 22.6. The first-order valence-electron chi connectivity index (χ1n) is 21.2. The number of ether oxygens (including phenoxy) is 1. The summed E-state index contributed by atoms with van der Waals surface area (Å²) in [6, 6.07) is 0. The fourth-order valence-electron chi connectivity index (χ4n) is 11.7. The van der Waals surface area contributed by atoms with Crippen LogP contribution < -0.4 is 0 Å². The molecule has 0 heterocycles. The Kier molecular flexibility index (Phi) is 15.5. The van der Waals surface area contributed by atoms with Crippen molar-refractivity contribution in [3.63, 3.8) is 0 Å². The standard InChI is InChI=1S/C45H78O2/c1-8-10-11-12-13-14-15-16-17-18-19-20-21-22-43(46)47-38-29-31-44(6)37(33-38)25-26-39-41-28-27-40(45(41,7)32-30-42(39)44)35(5)23-24-36(9-2)34(3)4/h25,35-36,38-42H,3,8-24,26-33H2,1-2,4-7H3/t35-,36+,38+,39?,40?,41?,42?,44+,45-/m1/s1. The summed E-state index contributed by atoms with van der Waals surface area (Å²) < 4.78 is 6.13. The van der Waals surface area contributed by atoms with Crippen molar-refractivity contribution < 1.29 is 9.53 Å². The van der Waals surface area contributed by atoms with E-state index in [2.05, 4.69) is 54.2 Å². The molecular formula is C45H78O2. The molecule has 3 saturated carbocycles. The lowest BCUT2D eigenvalue weighted by Gasteiger charge is -2.58. The molecule has 0 aromatic heterocycles. The summed E-state index contributed by atoms with van der Waals surface area (Å²) in [7, 11) is 0. The van der Waals surface area contributed by atoms with Crippen LogP contribution in [0.3, 0.4) is 0 Å². The van der Waals surface area contributed by atoms with Crippen molar-refractivity contribution in [2.75, 3.05) is 0 Å². The largest absolute Gasteiger partial charge is 0.462 e. The van der Waals surface area contributed by atoms with Crippen LogP contribution in [0.1, 0.15) is 202 Å². The van der Waals surface area contributed by atoms with E-state index in [0.717, 1.165) is 48.9 Å². The fourth-order valence-corrected chi connectivity index (χ4v) is 11.7. The summed E-state index contributed by atoms with van der Waals surface area (Å²) >= 11 is 0. The Hall–Kier alpha value is -1.05. The Labute approximate surface area is 293 Å². The van der Waals surface area contributed by atoms with Crippen molar-refractivity contribution in [3.8, 4) is 0 Å². The fraction of sp³-hybridized carbons (Fsp3) is 0.889. The van der Waals surface area contributed by atoms with E-state index in [4.69, 9.17) is 4.74 Å². The van der Waals surface area contributed by atoms with E-state index in [9.17, 15) is 4.79 Å². The van der Waals surface area contributed by atoms with E-state index in [1.165, 1.54) is 140 Å². The third-order valence-electron chi connectivity index (χ3n) is 14.8. The van der Waals surface area contributed by atoms with Gasteiger partial charge in [0.05, 0.1) is 0 Å². The van der Waals surface area contributed by atoms with Gasteiger partial charge in [-0.2, -0.15) is 0 Å². The van der Waals surface area contributed by atoms with Gasteiger partial charge in [0.15, 0.2) is 0 Å². The molecule has 9 atom stereocenters. The van der Waals surface area contributed by atoms with Crippen LogP contribution in [0.5, 0.6) is 0 Å². The minimum absolute atomic E-state index is 0.0593. The van der Waals surface area contributed by atoms with Crippen LogP contribution in [-0.2, 0) is 9.53 Å². The van der Waals surface area contributed by atoms with E-state index in [0.29, 0.717) is 23.2 Å². The van der Waals surface area contributed by atoms with Crippen molar-refractivity contribution in [1.29, 1.82) is 0 Å². The van der Waals surface area contributed by atoms with Crippen molar-refractivity contribution >= 4 is 5.97 Å². The van der Waals surface area contributed by atoms with E-state index in [1.807, 2.05) is 0 Å². The molecule has 270 valence electrons. The lowest BCUT2D eigenvalue weighted by molar-refractivity contribution is -0.151. The highest BCUT2D eigenvalue weighted by Crippen LogP contribution is 2.67. The molecule has 4 aliphatic rings. The van der Waals surface area contributed by atoms with Crippen LogP contribution in [0.25, 0.3) is 0 Å². The second-order valence-corrected chi connectivity index (χ2v) is 17.8. The lowest BCUT2D eigenvalue weighted by atomic mass is 9.47. The molecule has 0 bridgehead atoms. The van der Waals surface area contributed by atoms with Gasteiger partial charge in [-0.3, -0.25) is 4.79 Å². The molecule has 4 unspecified atom stereocenters. The van der Waals surface area contributed by atoms with Gasteiger partial charge in [0.25, 0.3) is 0 Å². The Morgan fingerprint density at radius 3 is 2.11 bits per heavy atom. The van der Waals surface area contributed by atoms with Gasteiger partial charge in [-0.25, -0.2) is 0 Å². The summed E-state index contributed by atoms with van der Waals surface area (Å²) in [4.78, 5) is 12.8. The quantitative estimate of drug-likeness (QED) is 0.0702. The average Bonchev–Trinajstić information content (AvgIpc) is 3.41. The monoisotopic (exact) mass is 651 g/mol. The number of unbranched alkanes of at least 4 members (excludes halogenated alkanes) is 12. The highest BCUT2D eigenvalue weighted by molar-refractivity contribution is 5.69. The molecule has 0 aliphatic heterocycles. The van der Waals surface area contributed by atoms with Gasteiger partial charge < -0.3 is 4.74 Å². The second-order valence-electron chi connectivity index (χ2n) is 17.8. The highest BCUT2D eigenvalue weighted by atomic mass is 16.5. The molecule has 2 nitrogen and oxygen atoms in total. The van der Waals surface area contributed by atoms with Gasteiger partial charge in [0.1, 0.15) is 6.10 Å². The maximum Gasteiger partial charge on any atom is 0.306 e. The Morgan fingerprint density at radius 2 is 1.49 bits per heavy atom. The second kappa shape index (κ2) is 18.8. The molecule has 3 fully saturated rings. The van der Waals surface area contributed by atoms with Crippen molar-refractivity contribution in [2.24, 2.45) is 46.3 Å². The Balaban J connectivity index is 1.16. The van der Waals surface area contributed by atoms with Crippen LogP contribution >= 0.6 is 0 Å². The zero-order valence-corrected chi connectivity index (χ0v) is 32.3. The van der Waals surface area contributed by atoms with Crippen LogP contribution in [0.4, 0.5) is 0 Å². The van der Waals surface area contributed by atoms with Crippen LogP contribution in [0.2, 0.25) is 0 Å². The van der Waals surface area contributed by atoms with Crippen LogP contribution in [-0.4, -0.2) is 12.1 Å². The molecule has 4 rings (SSSR count). The number of allylic oxidation sites excluding steroid dienone is 2. The summed E-state index contributed by atoms with van der Waals surface area (Å²) in [5.41, 5.74) is 3.86. The molecule has 0 aromatic carbocycles. The molecule has 0 radical (unpaired) electrons. The Bertz CT molecular complexity index is 994. The molecule has 0 amide bonds. The normalized spacial score (nSPS) is 32.9. The summed E-state index contributed by atoms with van der Waals surface area (Å²) in [6.07, 6.45) is 34.9. The number of hydrogen-bond donors (Lipinski definition) is 0. The number of carbonyl (C=O) groups is 1. The van der Waals surface area contributed by atoms with Gasteiger partial charge in [0, 0.05) is 12.8 Å². The molecule has 0 saturated heterocycles. The highest BCUT2D eigenvalue weighted by Gasteiger charge is 2.59. The maximum atomic E-state index is 12.8. The maximum absolute atomic E-state index is 12.8. The van der Waals surface area contributed by atoms with Gasteiger partial charge in [-0.05, 0) is 124 Å². The van der Waals surface area contributed by atoms with E-state index < -0.39 is 0 Å². The zero-order valence-electron chi connectivity index (χ0n) is 32.3. The number of rotatable bonds is 21. The van der Waals surface area contributed by atoms with Gasteiger partial charge in [0.2, 0.25) is 0 Å². The SMILES string of the molecule is C=C(C)[C@@H](CC)CC[C@@H](C)C1CCC2C3CC=C4C[C@@H](OC(=O)CCCCCCCCCCCCCCC)CC[C@]4(C)C3CC[C@@]21C. The molecule has 2 heteroatoms. The minimum atomic E-state index is 0.0593. The predicted octanol–water partition coefficient (Wildman–Crippen LogP) is 14.0. The van der Waals surface area contributed by atoms with Gasteiger partial charge >= 0.3 is 5.97 Å². The summed E-state index contributed by atoms with van der Waals surface area (Å²) in [5, 5.41) is 0. The number of esters is 1. The topological polar surface area (TPSA) is 26.3 Å². The lowest BCUT2D eigenvalue weighted by Crippen LogP contribution is -2.51. The van der Waals surface area contributed by atoms with Gasteiger partial charge in [-0.15, -0.1) is 0 Å². The average molecular weight is 651 g/mol. The van der Waals surface area contributed by atoms with Crippen molar-refractivity contribution in [1.82, 2.24) is 0 Å². The predicted molar refractivity (Wildman–Crippen MR) is 202 cm³/mol. The van der Waals surface area contributed by atoms with E-state index in [-0.39, 0.29) is 12.1 Å². The Morgan fingerprint density at radius 1 is 0.851 bits per heavy atom. The summed E-state index contributed by atoms with van der Waals surface area (Å²) in [5.74, 6) is 5.04. The summed E-state index contributed by atoms with van der Waals surface area (Å²) in [6.45, 7) is 19.0. The van der Waals surface area contributed by atoms with Crippen LogP contribution in [0, 0.1) is 46.3 Å². The van der Waals surface area contributed by atoms with Crippen molar-refractivity contribution in [3.05, 3.63) is 23.8 Å². The zero-order chi connectivity index (χ0) is 33.9. The third-order valence-corrected chi connectivity index (χ3v) is 14.8. The van der Waals surface area contributed by atoms with Gasteiger partial charge in [-0.1, -0.05) is 135 Å². The first-order valence-corrected chi connectivity index (χ1v) is 21.2. The smallest absolute Gasteiger partial charge is 0.306 e. The molecule has 4 aliphatic carbocycles. The molecule has 47 heavy (non-hydrogen) atoms. The van der Waals surface area contributed by atoms with E-state index >= 15 is 0 Å². The molecule has 0 N–H and O–H groups in total. The number of hydrogen-bond acceptors (Lipinski definition) is 2. The number of fused-ring (bicyclic) bond motifs is 5. The molecule has 0 spiro atoms. The third kappa shape index (κ3) is 10.0. The van der Waals surface area contributed by atoms with Crippen molar-refractivity contribution in [2.45, 2.75) is 208 Å². The van der Waals surface area contributed by atoms with E-state index in [1.54, 1.807) is 5.57 Å². The molecular weight excluding hydrogens is 572 g/mol. The number of carbonyl (C=O) groups excluding carboxylic acids is 1. The minimum Gasteiger partial charge on any atom is -0.462 e.